The van der Waals surface area contributed by atoms with Gasteiger partial charge in [0.25, 0.3) is 0 Å². The Bertz CT molecular complexity index is 859. The van der Waals surface area contributed by atoms with Crippen LogP contribution < -0.4 is 25.4 Å². The molecule has 2 aromatic carbocycles. The molecule has 0 atom stereocenters. The average molecular weight is 526 g/mol. The highest BCUT2D eigenvalue weighted by atomic mass is 127. The number of amides is 1. The largest absolute Gasteiger partial charge is 0.454 e. The van der Waals surface area contributed by atoms with Gasteiger partial charge in [-0.1, -0.05) is 18.2 Å². The van der Waals surface area contributed by atoms with Crippen molar-refractivity contribution in [3.05, 3.63) is 53.6 Å². The first-order chi connectivity index (χ1) is 14.2. The molecule has 0 radical (unpaired) electrons. The van der Waals surface area contributed by atoms with Crippen molar-refractivity contribution in [1.29, 1.82) is 0 Å². The maximum absolute atomic E-state index is 11.2. The van der Waals surface area contributed by atoms with Crippen molar-refractivity contribution >= 4 is 41.7 Å². The molecule has 0 spiro atoms. The summed E-state index contributed by atoms with van der Waals surface area (Å²) in [5.74, 6) is 2.35. The topological polar surface area (TPSA) is 93.2 Å². The number of hydrogen-bond acceptors (Lipinski definition) is 5. The van der Waals surface area contributed by atoms with Gasteiger partial charge < -0.3 is 24.8 Å². The molecule has 3 rings (SSSR count). The SMILES string of the molecule is CCNC(=NCc1ccc(NC(=O)OC)cc1)NCCc1ccc2c(c1)OCO2.I. The van der Waals surface area contributed by atoms with Crippen LogP contribution in [0.15, 0.2) is 47.5 Å². The zero-order chi connectivity index (χ0) is 20.5. The fraction of sp³-hybridized carbons (Fsp3) is 0.333. The lowest BCUT2D eigenvalue weighted by Gasteiger charge is -2.12. The van der Waals surface area contributed by atoms with Gasteiger partial charge in [-0.15, -0.1) is 24.0 Å². The minimum Gasteiger partial charge on any atom is -0.454 e. The molecule has 9 heteroatoms. The van der Waals surface area contributed by atoms with Crippen molar-refractivity contribution in [2.45, 2.75) is 19.9 Å². The average Bonchev–Trinajstić information content (AvgIpc) is 3.21. The van der Waals surface area contributed by atoms with Gasteiger partial charge >= 0.3 is 6.09 Å². The minimum atomic E-state index is -0.489. The van der Waals surface area contributed by atoms with Crippen molar-refractivity contribution in [1.82, 2.24) is 10.6 Å². The quantitative estimate of drug-likeness (QED) is 0.291. The maximum atomic E-state index is 11.2. The van der Waals surface area contributed by atoms with E-state index < -0.39 is 6.09 Å². The number of carbonyl (C=O) groups is 1. The first kappa shape index (κ1) is 23.6. The van der Waals surface area contributed by atoms with E-state index in [9.17, 15) is 4.79 Å². The van der Waals surface area contributed by atoms with E-state index >= 15 is 0 Å². The lowest BCUT2D eigenvalue weighted by Crippen LogP contribution is -2.38. The number of ether oxygens (including phenoxy) is 3. The van der Waals surface area contributed by atoms with E-state index in [1.165, 1.54) is 12.7 Å². The molecule has 1 amide bonds. The van der Waals surface area contributed by atoms with Crippen molar-refractivity contribution in [3.63, 3.8) is 0 Å². The second-order valence-corrected chi connectivity index (χ2v) is 6.37. The van der Waals surface area contributed by atoms with Crippen LogP contribution in [0.4, 0.5) is 10.5 Å². The molecule has 0 bridgehead atoms. The van der Waals surface area contributed by atoms with E-state index in [0.717, 1.165) is 42.5 Å². The van der Waals surface area contributed by atoms with Gasteiger partial charge in [0, 0.05) is 18.8 Å². The summed E-state index contributed by atoms with van der Waals surface area (Å²) in [6.07, 6.45) is 0.353. The number of hydrogen-bond donors (Lipinski definition) is 3. The highest BCUT2D eigenvalue weighted by molar-refractivity contribution is 14.0. The van der Waals surface area contributed by atoms with Gasteiger partial charge in [-0.05, 0) is 48.7 Å². The van der Waals surface area contributed by atoms with Gasteiger partial charge in [0.15, 0.2) is 17.5 Å². The predicted molar refractivity (Wildman–Crippen MR) is 127 cm³/mol. The summed E-state index contributed by atoms with van der Waals surface area (Å²) in [5, 5.41) is 9.22. The zero-order valence-electron chi connectivity index (χ0n) is 17.1. The summed E-state index contributed by atoms with van der Waals surface area (Å²) in [4.78, 5) is 15.8. The first-order valence-corrected chi connectivity index (χ1v) is 9.52. The standard InChI is InChI=1S/C21H26N4O4.HI/c1-3-22-20(23-11-10-15-6-9-18-19(12-15)29-14-28-18)24-13-16-4-7-17(8-5-16)25-21(26)27-2;/h4-9,12H,3,10-11,13-14H2,1-2H3,(H,25,26)(H2,22,23,24);1H. The van der Waals surface area contributed by atoms with E-state index in [1.54, 1.807) is 0 Å². The molecule has 0 saturated carbocycles. The Balaban J connectivity index is 0.00000320. The molecule has 3 N–H and O–H groups in total. The van der Waals surface area contributed by atoms with E-state index in [-0.39, 0.29) is 30.8 Å². The van der Waals surface area contributed by atoms with Crippen LogP contribution in [0.25, 0.3) is 0 Å². The monoisotopic (exact) mass is 526 g/mol. The maximum Gasteiger partial charge on any atom is 0.411 e. The number of aliphatic imine (C=N–C) groups is 1. The molecule has 2 aromatic rings. The Morgan fingerprint density at radius 1 is 1.07 bits per heavy atom. The summed E-state index contributed by atoms with van der Waals surface area (Å²) in [7, 11) is 1.33. The van der Waals surface area contributed by atoms with Crippen LogP contribution in [0.3, 0.4) is 0 Å². The van der Waals surface area contributed by atoms with Crippen LogP contribution in [0.1, 0.15) is 18.1 Å². The van der Waals surface area contributed by atoms with Crippen molar-refractivity contribution in [2.75, 3.05) is 32.3 Å². The third-order valence-electron chi connectivity index (χ3n) is 4.29. The lowest BCUT2D eigenvalue weighted by molar-refractivity contribution is 0.174. The fourth-order valence-electron chi connectivity index (χ4n) is 2.80. The van der Waals surface area contributed by atoms with Crippen molar-refractivity contribution in [3.8, 4) is 11.5 Å². The van der Waals surface area contributed by atoms with Crippen molar-refractivity contribution in [2.24, 2.45) is 4.99 Å². The van der Waals surface area contributed by atoms with E-state index in [0.29, 0.717) is 12.2 Å². The number of guanidine groups is 1. The number of nitrogens with one attached hydrogen (secondary N) is 3. The molecular weight excluding hydrogens is 499 g/mol. The van der Waals surface area contributed by atoms with E-state index in [2.05, 4.69) is 25.7 Å². The molecule has 0 saturated heterocycles. The number of carbonyl (C=O) groups excluding carboxylic acids is 1. The Morgan fingerprint density at radius 2 is 1.80 bits per heavy atom. The molecule has 1 aliphatic rings. The van der Waals surface area contributed by atoms with Crippen LogP contribution in [0.2, 0.25) is 0 Å². The fourth-order valence-corrected chi connectivity index (χ4v) is 2.80. The zero-order valence-corrected chi connectivity index (χ0v) is 19.4. The summed E-state index contributed by atoms with van der Waals surface area (Å²) in [6, 6.07) is 13.5. The van der Waals surface area contributed by atoms with Crippen LogP contribution in [-0.2, 0) is 17.7 Å². The van der Waals surface area contributed by atoms with Crippen LogP contribution in [-0.4, -0.2) is 39.0 Å². The number of nitrogens with zero attached hydrogens (tertiary/aromatic N) is 1. The molecule has 0 aromatic heterocycles. The third kappa shape index (κ3) is 6.97. The van der Waals surface area contributed by atoms with Crippen LogP contribution in [0.5, 0.6) is 11.5 Å². The van der Waals surface area contributed by atoms with E-state index in [4.69, 9.17) is 9.47 Å². The first-order valence-electron chi connectivity index (χ1n) is 9.52. The molecule has 1 aliphatic heterocycles. The van der Waals surface area contributed by atoms with E-state index in [1.807, 2.05) is 49.4 Å². The third-order valence-corrected chi connectivity index (χ3v) is 4.29. The summed E-state index contributed by atoms with van der Waals surface area (Å²) >= 11 is 0. The predicted octanol–water partition coefficient (Wildman–Crippen LogP) is 3.51. The molecule has 8 nitrogen and oxygen atoms in total. The highest BCUT2D eigenvalue weighted by Gasteiger charge is 2.13. The van der Waals surface area contributed by atoms with Gasteiger partial charge in [-0.2, -0.15) is 0 Å². The number of anilines is 1. The molecule has 0 unspecified atom stereocenters. The highest BCUT2D eigenvalue weighted by Crippen LogP contribution is 2.32. The lowest BCUT2D eigenvalue weighted by atomic mass is 10.1. The van der Waals surface area contributed by atoms with Gasteiger partial charge in [0.05, 0.1) is 13.7 Å². The number of benzene rings is 2. The van der Waals surface area contributed by atoms with Crippen molar-refractivity contribution < 1.29 is 19.0 Å². The molecular formula is C21H27IN4O4. The Morgan fingerprint density at radius 3 is 2.53 bits per heavy atom. The summed E-state index contributed by atoms with van der Waals surface area (Å²) in [5.41, 5.74) is 2.89. The van der Waals surface area contributed by atoms with Gasteiger partial charge in [0.1, 0.15) is 0 Å². The number of fused-ring (bicyclic) bond motifs is 1. The van der Waals surface area contributed by atoms with Gasteiger partial charge in [-0.3, -0.25) is 5.32 Å². The summed E-state index contributed by atoms with van der Waals surface area (Å²) in [6.45, 7) is 4.36. The second kappa shape index (κ2) is 12.1. The normalized spacial score (nSPS) is 12.0. The molecule has 1 heterocycles. The Labute approximate surface area is 193 Å². The van der Waals surface area contributed by atoms with Crippen LogP contribution in [0, 0.1) is 0 Å². The van der Waals surface area contributed by atoms with Gasteiger partial charge in [-0.25, -0.2) is 9.79 Å². The van der Waals surface area contributed by atoms with Crippen LogP contribution >= 0.6 is 24.0 Å². The Hall–Kier alpha value is -2.69. The number of methoxy groups -OCH3 is 1. The molecule has 162 valence electrons. The molecule has 0 fully saturated rings. The smallest absolute Gasteiger partial charge is 0.411 e. The van der Waals surface area contributed by atoms with Gasteiger partial charge in [0.2, 0.25) is 6.79 Å². The number of rotatable bonds is 7. The summed E-state index contributed by atoms with van der Waals surface area (Å²) < 4.78 is 15.3. The molecule has 0 aliphatic carbocycles. The Kier molecular flexibility index (Phi) is 9.52. The molecule has 30 heavy (non-hydrogen) atoms. The number of halogens is 1. The minimum absolute atomic E-state index is 0. The second-order valence-electron chi connectivity index (χ2n) is 6.37.